The van der Waals surface area contributed by atoms with Gasteiger partial charge in [0, 0.05) is 43.1 Å². The minimum absolute atomic E-state index is 0.216. The molecule has 4 aliphatic rings. The van der Waals surface area contributed by atoms with E-state index in [-0.39, 0.29) is 11.6 Å². The van der Waals surface area contributed by atoms with Crippen molar-refractivity contribution in [3.05, 3.63) is 42.4 Å². The summed E-state index contributed by atoms with van der Waals surface area (Å²) in [6.45, 7) is 0.706. The van der Waals surface area contributed by atoms with Gasteiger partial charge in [-0.25, -0.2) is 14.4 Å². The molecule has 2 aromatic heterocycles. The lowest BCUT2D eigenvalue weighted by atomic mass is 10.1. The molecule has 1 saturated carbocycles. The number of alkyl halides is 1. The second kappa shape index (κ2) is 7.49. The molecule has 5 heterocycles. The Labute approximate surface area is 187 Å². The van der Waals surface area contributed by atoms with Gasteiger partial charge in [-0.05, 0) is 12.1 Å². The molecule has 2 fully saturated rings. The van der Waals surface area contributed by atoms with E-state index < -0.39 is 24.2 Å². The van der Waals surface area contributed by atoms with E-state index in [2.05, 4.69) is 20.7 Å². The normalized spacial score (nSPS) is 24.5. The number of pyridine rings is 1. The summed E-state index contributed by atoms with van der Waals surface area (Å²) in [4.78, 5) is 22.0. The number of hydrogen-bond acceptors (Lipinski definition) is 7. The van der Waals surface area contributed by atoms with Crippen molar-refractivity contribution in [3.8, 4) is 22.6 Å². The number of anilines is 1. The third-order valence-corrected chi connectivity index (χ3v) is 6.26. The van der Waals surface area contributed by atoms with Crippen LogP contribution in [-0.4, -0.2) is 73.7 Å². The number of hydrogen-bond donors (Lipinski definition) is 3. The molecule has 3 aliphatic heterocycles. The zero-order valence-corrected chi connectivity index (χ0v) is 17.8. The van der Waals surface area contributed by atoms with Crippen molar-refractivity contribution in [1.29, 1.82) is 0 Å². The van der Waals surface area contributed by atoms with Gasteiger partial charge in [0.15, 0.2) is 5.65 Å². The Morgan fingerprint density at radius 3 is 2.88 bits per heavy atom. The average molecular weight is 451 g/mol. The molecule has 2 aromatic rings. The van der Waals surface area contributed by atoms with Crippen LogP contribution in [0.1, 0.15) is 22.8 Å². The van der Waals surface area contributed by atoms with E-state index in [1.54, 1.807) is 17.8 Å². The number of amides is 1. The van der Waals surface area contributed by atoms with Gasteiger partial charge >= 0.3 is 0 Å². The second-order valence-corrected chi connectivity index (χ2v) is 8.40. The van der Waals surface area contributed by atoms with Crippen molar-refractivity contribution in [2.24, 2.45) is 0 Å². The largest absolute Gasteiger partial charge is 0.388 e. The smallest absolute Gasteiger partial charge is 0.257 e. The van der Waals surface area contributed by atoms with Crippen LogP contribution in [0.4, 0.5) is 10.2 Å². The maximum Gasteiger partial charge on any atom is 0.257 e. The molecule has 0 bridgehead atoms. The number of aromatic nitrogens is 5. The van der Waals surface area contributed by atoms with Crippen LogP contribution < -0.4 is 10.6 Å². The second-order valence-electron chi connectivity index (χ2n) is 8.40. The van der Waals surface area contributed by atoms with Crippen molar-refractivity contribution in [2.45, 2.75) is 30.8 Å². The van der Waals surface area contributed by atoms with Gasteiger partial charge in [-0.1, -0.05) is 0 Å². The zero-order valence-electron chi connectivity index (χ0n) is 17.8. The molecule has 11 heteroatoms. The number of nitrogens with one attached hydrogen (secondary N) is 2. The summed E-state index contributed by atoms with van der Waals surface area (Å²) in [6, 6.07) is 5.01. The fraction of sp³-hybridized carbons (Fsp3) is 0.364. The maximum atomic E-state index is 13.3. The zero-order chi connectivity index (χ0) is 22.7. The molecular formula is C22H22FN7O3. The van der Waals surface area contributed by atoms with Gasteiger partial charge in [0.1, 0.15) is 29.5 Å². The monoisotopic (exact) mass is 451 g/mol. The van der Waals surface area contributed by atoms with Crippen LogP contribution in [-0.2, 0) is 4.74 Å². The highest BCUT2D eigenvalue weighted by Gasteiger charge is 2.39. The number of fused-ring (bicyclic) bond motifs is 2. The van der Waals surface area contributed by atoms with Gasteiger partial charge < -0.3 is 25.0 Å². The summed E-state index contributed by atoms with van der Waals surface area (Å²) >= 11 is 0. The van der Waals surface area contributed by atoms with E-state index in [0.29, 0.717) is 42.6 Å². The molecule has 10 nitrogen and oxygen atoms in total. The molecule has 3 N–H and O–H groups in total. The van der Waals surface area contributed by atoms with Gasteiger partial charge in [0.25, 0.3) is 5.91 Å². The molecule has 1 saturated heterocycles. The third kappa shape index (κ3) is 3.23. The van der Waals surface area contributed by atoms with E-state index in [0.717, 1.165) is 11.1 Å². The van der Waals surface area contributed by atoms with Crippen LogP contribution in [0.25, 0.3) is 28.3 Å². The van der Waals surface area contributed by atoms with E-state index in [1.165, 1.54) is 6.20 Å². The molecule has 4 atom stereocenters. The van der Waals surface area contributed by atoms with Crippen molar-refractivity contribution in [3.63, 3.8) is 0 Å². The Morgan fingerprint density at radius 2 is 2.15 bits per heavy atom. The van der Waals surface area contributed by atoms with Crippen LogP contribution in [0, 0.1) is 0 Å². The summed E-state index contributed by atoms with van der Waals surface area (Å²) in [7, 11) is 1.76. The first-order valence-corrected chi connectivity index (χ1v) is 10.8. The number of halogens is 1. The fourth-order valence-electron chi connectivity index (χ4n) is 4.33. The molecule has 1 aliphatic carbocycles. The Hall–Kier alpha value is -3.57. The Bertz CT molecular complexity index is 1330. The molecule has 0 unspecified atom stereocenters. The van der Waals surface area contributed by atoms with E-state index in [9.17, 15) is 14.3 Å². The molecule has 1 amide bonds. The topological polar surface area (TPSA) is 119 Å². The van der Waals surface area contributed by atoms with Gasteiger partial charge in [-0.15, -0.1) is 0 Å². The lowest BCUT2D eigenvalue weighted by molar-refractivity contribution is 0.0949. The van der Waals surface area contributed by atoms with Crippen LogP contribution in [0.3, 0.4) is 0 Å². The highest BCUT2D eigenvalue weighted by molar-refractivity contribution is 6.00. The van der Waals surface area contributed by atoms with Crippen molar-refractivity contribution in [2.75, 3.05) is 25.6 Å². The lowest BCUT2D eigenvalue weighted by Crippen LogP contribution is -2.27. The van der Waals surface area contributed by atoms with Crippen molar-refractivity contribution >= 4 is 17.4 Å². The third-order valence-electron chi connectivity index (χ3n) is 6.26. The van der Waals surface area contributed by atoms with Gasteiger partial charge in [-0.3, -0.25) is 4.79 Å². The molecule has 0 aromatic carbocycles. The highest BCUT2D eigenvalue weighted by Crippen LogP contribution is 2.36. The molecular weight excluding hydrogens is 429 g/mol. The number of aliphatic hydroxyl groups excluding tert-OH is 1. The number of nitrogens with zero attached hydrogens (tertiary/aromatic N) is 5. The van der Waals surface area contributed by atoms with Crippen molar-refractivity contribution in [1.82, 2.24) is 29.5 Å². The summed E-state index contributed by atoms with van der Waals surface area (Å²) in [5, 5.41) is 20.4. The average Bonchev–Trinajstić information content (AvgIpc) is 3.24. The summed E-state index contributed by atoms with van der Waals surface area (Å²) in [6.07, 6.45) is 3.78. The summed E-state index contributed by atoms with van der Waals surface area (Å²) in [5.74, 6) is 0.950. The number of aliphatic hydroxyl groups is 1. The van der Waals surface area contributed by atoms with Crippen LogP contribution in [0.2, 0.25) is 0 Å². The van der Waals surface area contributed by atoms with E-state index in [4.69, 9.17) is 9.72 Å². The first-order chi connectivity index (χ1) is 16.0. The first-order valence-electron chi connectivity index (χ1n) is 10.8. The summed E-state index contributed by atoms with van der Waals surface area (Å²) < 4.78 is 22.2. The molecule has 6 rings (SSSR count). The van der Waals surface area contributed by atoms with E-state index in [1.807, 2.05) is 29.0 Å². The lowest BCUT2D eigenvalue weighted by Gasteiger charge is -2.20. The SMILES string of the molecule is CNc1cc(-c2cnc3n([C@@H]4COC[C@H]4O)cccc2-3)nc2c(C(=O)N[C@@H]3C[C@@H]3F)cnn12. The first kappa shape index (κ1) is 20.1. The van der Waals surface area contributed by atoms with Crippen molar-refractivity contribution < 1.29 is 19.0 Å². The predicted octanol–water partition coefficient (Wildman–Crippen LogP) is 1.51. The predicted molar refractivity (Wildman–Crippen MR) is 117 cm³/mol. The molecule has 33 heavy (non-hydrogen) atoms. The fourth-order valence-corrected chi connectivity index (χ4v) is 4.33. The number of carbonyl (C=O) groups is 1. The van der Waals surface area contributed by atoms with Crippen LogP contribution in [0.5, 0.6) is 0 Å². The molecule has 0 spiro atoms. The molecule has 170 valence electrons. The standard InChI is InChI=1S/C22H22FN7O3/c1-24-19-6-15(27-21-13(8-26-30(19)21)22(32)28-16-5-14(16)23)12-7-25-20-11(12)3-2-4-29(20)17-9-33-10-18(17)31/h2-4,6-8,14,16-18,24,31H,5,9-10H2,1H3,(H,28,32)/t14-,16+,17+,18+/m0/s1. The Morgan fingerprint density at radius 1 is 1.30 bits per heavy atom. The number of carbonyl (C=O) groups excluding carboxylic acids is 1. The van der Waals surface area contributed by atoms with Gasteiger partial charge in [-0.2, -0.15) is 9.61 Å². The van der Waals surface area contributed by atoms with Gasteiger partial charge in [0.05, 0.1) is 37.2 Å². The van der Waals surface area contributed by atoms with Crippen LogP contribution in [0.15, 0.2) is 36.8 Å². The Kier molecular flexibility index (Phi) is 4.56. The van der Waals surface area contributed by atoms with E-state index >= 15 is 0 Å². The minimum Gasteiger partial charge on any atom is -0.388 e. The Balaban J connectivity index is 1.43. The van der Waals surface area contributed by atoms with Crippen LogP contribution >= 0.6 is 0 Å². The maximum absolute atomic E-state index is 13.3. The quantitative estimate of drug-likeness (QED) is 0.421. The number of ether oxygens (including phenoxy) is 1. The highest BCUT2D eigenvalue weighted by atomic mass is 19.1. The number of rotatable bonds is 5. The molecule has 0 radical (unpaired) electrons. The summed E-state index contributed by atoms with van der Waals surface area (Å²) in [5.41, 5.74) is 2.89. The minimum atomic E-state index is -0.996. The van der Waals surface area contributed by atoms with Gasteiger partial charge in [0.2, 0.25) is 0 Å².